The van der Waals surface area contributed by atoms with Crippen LogP contribution in [0.4, 0.5) is 11.5 Å². The van der Waals surface area contributed by atoms with Gasteiger partial charge in [0, 0.05) is 16.8 Å². The van der Waals surface area contributed by atoms with Gasteiger partial charge in [0.2, 0.25) is 17.5 Å². The minimum Gasteiger partial charge on any atom is -0.355 e. The number of fused-ring (bicyclic) bond motifs is 1. The lowest BCUT2D eigenvalue weighted by atomic mass is 10.2. The lowest BCUT2D eigenvalue weighted by Gasteiger charge is -2.06. The fourth-order valence-corrected chi connectivity index (χ4v) is 2.79. The zero-order chi connectivity index (χ0) is 19.7. The van der Waals surface area contributed by atoms with Gasteiger partial charge in [-0.25, -0.2) is 4.98 Å². The topological polar surface area (TPSA) is 128 Å². The maximum absolute atomic E-state index is 12.4. The molecule has 0 unspecified atom stereocenters. The van der Waals surface area contributed by atoms with Gasteiger partial charge in [-0.3, -0.25) is 19.3 Å². The third-order valence-electron chi connectivity index (χ3n) is 3.85. The van der Waals surface area contributed by atoms with E-state index in [1.807, 2.05) is 0 Å². The first-order valence-electron chi connectivity index (χ1n) is 8.01. The number of aromatic nitrogens is 4. The molecule has 0 atom stereocenters. The summed E-state index contributed by atoms with van der Waals surface area (Å²) in [7, 11) is 0. The van der Waals surface area contributed by atoms with Gasteiger partial charge >= 0.3 is 11.2 Å². The summed E-state index contributed by atoms with van der Waals surface area (Å²) in [6.07, 6.45) is 1.41. The Morgan fingerprint density at radius 2 is 2.07 bits per heavy atom. The lowest BCUT2D eigenvalue weighted by molar-refractivity contribution is -0.385. The van der Waals surface area contributed by atoms with Crippen LogP contribution in [0.3, 0.4) is 0 Å². The lowest BCUT2D eigenvalue weighted by Crippen LogP contribution is -2.21. The summed E-state index contributed by atoms with van der Waals surface area (Å²) in [5.41, 5.74) is -0.525. The molecule has 10 nitrogen and oxygen atoms in total. The molecule has 0 amide bonds. The minimum atomic E-state index is -0.789. The van der Waals surface area contributed by atoms with E-state index in [2.05, 4.69) is 20.4 Å². The molecule has 0 radical (unpaired) electrons. The molecule has 0 aliphatic heterocycles. The monoisotopic (exact) mass is 398 g/mol. The smallest absolute Gasteiger partial charge is 0.355 e. The molecule has 0 saturated carbocycles. The Morgan fingerprint density at radius 1 is 1.21 bits per heavy atom. The zero-order valence-corrected chi connectivity index (χ0v) is 14.8. The van der Waals surface area contributed by atoms with Crippen LogP contribution in [-0.2, 0) is 6.54 Å². The highest BCUT2D eigenvalue weighted by molar-refractivity contribution is 6.30. The highest BCUT2D eigenvalue weighted by Gasteiger charge is 2.23. The Hall–Kier alpha value is -3.79. The van der Waals surface area contributed by atoms with E-state index in [1.165, 1.54) is 6.20 Å². The van der Waals surface area contributed by atoms with Gasteiger partial charge in [0.05, 0.1) is 11.5 Å². The van der Waals surface area contributed by atoms with E-state index >= 15 is 0 Å². The molecule has 0 aliphatic rings. The Kier molecular flexibility index (Phi) is 4.45. The molecule has 3 aromatic heterocycles. The molecule has 1 N–H and O–H groups in total. The molecule has 4 aromatic rings. The molecule has 0 spiro atoms. The number of hydrogen-bond donors (Lipinski definition) is 1. The number of nitrogens with one attached hydrogen (secondary N) is 1. The van der Waals surface area contributed by atoms with Gasteiger partial charge in [-0.15, -0.1) is 0 Å². The molecule has 28 heavy (non-hydrogen) atoms. The van der Waals surface area contributed by atoms with Crippen LogP contribution in [0.15, 0.2) is 58.0 Å². The van der Waals surface area contributed by atoms with E-state index in [0.29, 0.717) is 16.4 Å². The minimum absolute atomic E-state index is 0.0517. The Labute approximate surface area is 161 Å². The summed E-state index contributed by atoms with van der Waals surface area (Å²) >= 11 is 5.95. The number of hydrogen-bond acceptors (Lipinski definition) is 8. The Balaban J connectivity index is 1.64. The van der Waals surface area contributed by atoms with Crippen LogP contribution in [0, 0.1) is 10.1 Å². The van der Waals surface area contributed by atoms with Gasteiger partial charge < -0.3 is 9.84 Å². The number of pyridine rings is 1. The van der Waals surface area contributed by atoms with Crippen LogP contribution in [0.5, 0.6) is 0 Å². The number of nitro groups is 1. The first-order valence-corrected chi connectivity index (χ1v) is 8.39. The molecule has 0 fully saturated rings. The number of benzene rings is 1. The van der Waals surface area contributed by atoms with Crippen LogP contribution in [0.1, 0.15) is 5.89 Å². The molecule has 0 saturated heterocycles. The van der Waals surface area contributed by atoms with Crippen LogP contribution < -0.4 is 10.9 Å². The molecule has 3 heterocycles. The van der Waals surface area contributed by atoms with Gasteiger partial charge in [0.25, 0.3) is 0 Å². The average Bonchev–Trinajstić information content (AvgIpc) is 3.15. The zero-order valence-electron chi connectivity index (χ0n) is 14.1. The second kappa shape index (κ2) is 7.08. The van der Waals surface area contributed by atoms with Gasteiger partial charge in [0.15, 0.2) is 0 Å². The molecule has 1 aromatic carbocycles. The quantitative estimate of drug-likeness (QED) is 0.401. The average molecular weight is 399 g/mol. The molecular formula is C17H11ClN6O4. The second-order valence-electron chi connectivity index (χ2n) is 5.68. The van der Waals surface area contributed by atoms with Crippen molar-refractivity contribution in [2.75, 3.05) is 5.32 Å². The molecule has 140 valence electrons. The summed E-state index contributed by atoms with van der Waals surface area (Å²) in [4.78, 5) is 31.4. The van der Waals surface area contributed by atoms with E-state index in [-0.39, 0.29) is 23.9 Å². The van der Waals surface area contributed by atoms with Gasteiger partial charge in [-0.05, 0) is 24.3 Å². The molecule has 0 bridgehead atoms. The van der Waals surface area contributed by atoms with Crippen molar-refractivity contribution in [3.63, 3.8) is 0 Å². The third kappa shape index (κ3) is 3.28. The summed E-state index contributed by atoms with van der Waals surface area (Å²) in [5, 5.41) is 18.5. The van der Waals surface area contributed by atoms with E-state index in [9.17, 15) is 14.9 Å². The van der Waals surface area contributed by atoms with Crippen molar-refractivity contribution < 1.29 is 9.45 Å². The van der Waals surface area contributed by atoms with E-state index < -0.39 is 16.2 Å². The Morgan fingerprint density at radius 3 is 2.86 bits per heavy atom. The molecule has 4 rings (SSSR count). The maximum Gasteiger partial charge on any atom is 0.376 e. The van der Waals surface area contributed by atoms with Crippen LogP contribution >= 0.6 is 11.6 Å². The van der Waals surface area contributed by atoms with Crippen molar-refractivity contribution in [2.24, 2.45) is 0 Å². The highest BCUT2D eigenvalue weighted by Crippen LogP contribution is 2.21. The third-order valence-corrected chi connectivity index (χ3v) is 4.09. The predicted octanol–water partition coefficient (Wildman–Crippen LogP) is 2.92. The van der Waals surface area contributed by atoms with Crippen LogP contribution in [0.25, 0.3) is 17.0 Å². The first-order chi connectivity index (χ1) is 13.5. The number of anilines is 1. The van der Waals surface area contributed by atoms with Crippen LogP contribution in [0.2, 0.25) is 5.02 Å². The van der Waals surface area contributed by atoms with Crippen molar-refractivity contribution in [3.05, 3.63) is 80.0 Å². The summed E-state index contributed by atoms with van der Waals surface area (Å²) in [6.45, 7) is -0.0517. The van der Waals surface area contributed by atoms with E-state index in [1.54, 1.807) is 42.5 Å². The SMILES string of the molecule is O=c1c([N+](=O)[O-])c(NCc2nc(-c3cccc(Cl)c3)no2)nc2ccccn12. The second-order valence-corrected chi connectivity index (χ2v) is 6.11. The van der Waals surface area contributed by atoms with Crippen molar-refractivity contribution in [1.82, 2.24) is 19.5 Å². The van der Waals surface area contributed by atoms with Crippen LogP contribution in [-0.4, -0.2) is 24.4 Å². The number of rotatable bonds is 5. The molecular weight excluding hydrogens is 388 g/mol. The van der Waals surface area contributed by atoms with Gasteiger partial charge in [0.1, 0.15) is 5.65 Å². The largest absolute Gasteiger partial charge is 0.376 e. The van der Waals surface area contributed by atoms with Gasteiger partial charge in [-0.2, -0.15) is 4.98 Å². The first kappa shape index (κ1) is 17.6. The molecule has 0 aliphatic carbocycles. The number of halogens is 1. The van der Waals surface area contributed by atoms with Crippen molar-refractivity contribution in [2.45, 2.75) is 6.54 Å². The van der Waals surface area contributed by atoms with Crippen molar-refractivity contribution in [1.29, 1.82) is 0 Å². The predicted molar refractivity (Wildman–Crippen MR) is 100 cm³/mol. The number of nitrogens with zero attached hydrogens (tertiary/aromatic N) is 5. The normalized spacial score (nSPS) is 10.9. The maximum atomic E-state index is 12.4. The Bertz CT molecular complexity index is 1250. The summed E-state index contributed by atoms with van der Waals surface area (Å²) < 4.78 is 6.26. The van der Waals surface area contributed by atoms with E-state index in [4.69, 9.17) is 16.1 Å². The van der Waals surface area contributed by atoms with Crippen molar-refractivity contribution >= 4 is 28.8 Å². The van der Waals surface area contributed by atoms with Gasteiger partial charge in [-0.1, -0.05) is 35.0 Å². The van der Waals surface area contributed by atoms with Crippen molar-refractivity contribution in [3.8, 4) is 11.4 Å². The fraction of sp³-hybridized carbons (Fsp3) is 0.0588. The standard InChI is InChI=1S/C17H11ClN6O4/c18-11-5-3-4-10(8-11)15-21-13(28-22-15)9-19-16-14(24(26)27)17(25)23-7-2-1-6-12(23)20-16/h1-8,19H,9H2. The summed E-state index contributed by atoms with van der Waals surface area (Å²) in [6, 6.07) is 11.7. The fourth-order valence-electron chi connectivity index (χ4n) is 2.60. The van der Waals surface area contributed by atoms with E-state index in [0.717, 1.165) is 4.40 Å². The highest BCUT2D eigenvalue weighted by atomic mass is 35.5. The summed E-state index contributed by atoms with van der Waals surface area (Å²) in [5.74, 6) is 0.309. The molecule has 11 heteroatoms.